The minimum Gasteiger partial charge on any atom is -0.372 e. The van der Waals surface area contributed by atoms with E-state index in [4.69, 9.17) is 0 Å². The number of benzene rings is 1. The van der Waals surface area contributed by atoms with Crippen LogP contribution in [0.5, 0.6) is 0 Å². The lowest BCUT2D eigenvalue weighted by Crippen LogP contribution is -2.04. The van der Waals surface area contributed by atoms with E-state index in [0.29, 0.717) is 23.6 Å². The molecule has 2 N–H and O–H groups in total. The maximum absolute atomic E-state index is 11.2. The first-order chi connectivity index (χ1) is 9.25. The number of aromatic nitrogens is 4. The van der Waals surface area contributed by atoms with Crippen LogP contribution in [0.2, 0.25) is 0 Å². The number of fused-ring (bicyclic) bond motifs is 1. The van der Waals surface area contributed by atoms with Crippen molar-refractivity contribution in [1.82, 2.24) is 20.2 Å². The lowest BCUT2D eigenvalue weighted by Gasteiger charge is -2.05. The minimum atomic E-state index is -0.426. The van der Waals surface area contributed by atoms with E-state index in [2.05, 4.69) is 25.5 Å². The molecule has 0 aliphatic heterocycles. The van der Waals surface area contributed by atoms with Gasteiger partial charge in [0, 0.05) is 0 Å². The van der Waals surface area contributed by atoms with Gasteiger partial charge in [0.15, 0.2) is 5.52 Å². The lowest BCUT2D eigenvalue weighted by atomic mass is 10.2. The fourth-order valence-corrected chi connectivity index (χ4v) is 2.42. The van der Waals surface area contributed by atoms with Crippen LogP contribution in [0.25, 0.3) is 10.2 Å². The molecule has 2 heterocycles. The van der Waals surface area contributed by atoms with Gasteiger partial charge >= 0.3 is 5.69 Å². The van der Waals surface area contributed by atoms with Crippen LogP contribution in [-0.4, -0.2) is 25.1 Å². The van der Waals surface area contributed by atoms with E-state index < -0.39 is 4.92 Å². The second-order valence-corrected chi connectivity index (χ2v) is 4.59. The number of nitrogens with zero attached hydrogens (tertiary/aromatic N) is 4. The van der Waals surface area contributed by atoms with Crippen molar-refractivity contribution in [2.24, 2.45) is 0 Å². The molecule has 0 atom stereocenters. The predicted molar refractivity (Wildman–Crippen MR) is 70.0 cm³/mol. The topological polar surface area (TPSA) is 110 Å². The Morgan fingerprint density at radius 2 is 2.32 bits per heavy atom. The van der Waals surface area contributed by atoms with Crippen LogP contribution in [0.3, 0.4) is 0 Å². The Bertz CT molecular complexity index is 723. The summed E-state index contributed by atoms with van der Waals surface area (Å²) in [5, 5.41) is 20.6. The zero-order valence-electron chi connectivity index (χ0n) is 9.53. The third-order valence-corrected chi connectivity index (χ3v) is 3.36. The normalized spacial score (nSPS) is 10.7. The van der Waals surface area contributed by atoms with Crippen LogP contribution in [0.1, 0.15) is 5.82 Å². The Morgan fingerprint density at radius 1 is 1.42 bits per heavy atom. The molecule has 0 aliphatic rings. The number of rotatable bonds is 4. The second kappa shape index (κ2) is 4.61. The molecule has 96 valence electrons. The first-order valence-corrected chi connectivity index (χ1v) is 6.22. The van der Waals surface area contributed by atoms with E-state index in [1.807, 2.05) is 6.07 Å². The highest BCUT2D eigenvalue weighted by Crippen LogP contribution is 2.34. The molecule has 0 saturated heterocycles. The van der Waals surface area contributed by atoms with Gasteiger partial charge in [0.25, 0.3) is 0 Å². The molecule has 0 aliphatic carbocycles. The van der Waals surface area contributed by atoms with Gasteiger partial charge in [-0.15, -0.1) is 11.3 Å². The molecule has 1 aromatic carbocycles. The van der Waals surface area contributed by atoms with Gasteiger partial charge in [0.05, 0.1) is 21.7 Å². The smallest absolute Gasteiger partial charge is 0.319 e. The van der Waals surface area contributed by atoms with Crippen LogP contribution in [0.4, 0.5) is 11.4 Å². The van der Waals surface area contributed by atoms with Crippen LogP contribution >= 0.6 is 11.3 Å². The number of aromatic amines is 1. The Morgan fingerprint density at radius 3 is 3.05 bits per heavy atom. The van der Waals surface area contributed by atoms with Crippen molar-refractivity contribution < 1.29 is 4.92 Å². The number of H-pyrrole nitrogens is 1. The largest absolute Gasteiger partial charge is 0.372 e. The molecule has 0 unspecified atom stereocenters. The van der Waals surface area contributed by atoms with E-state index in [0.717, 1.165) is 4.70 Å². The summed E-state index contributed by atoms with van der Waals surface area (Å²) in [5.41, 5.74) is 2.40. The quantitative estimate of drug-likeness (QED) is 0.556. The van der Waals surface area contributed by atoms with Gasteiger partial charge in [-0.2, -0.15) is 5.10 Å². The van der Waals surface area contributed by atoms with E-state index in [1.54, 1.807) is 11.6 Å². The Labute approximate surface area is 110 Å². The highest BCUT2D eigenvalue weighted by molar-refractivity contribution is 7.16. The first-order valence-electron chi connectivity index (χ1n) is 5.34. The summed E-state index contributed by atoms with van der Waals surface area (Å²) in [4.78, 5) is 18.8. The molecule has 8 nitrogen and oxygen atoms in total. The monoisotopic (exact) mass is 276 g/mol. The van der Waals surface area contributed by atoms with E-state index in [1.165, 1.54) is 17.7 Å². The molecule has 2 aromatic heterocycles. The molecule has 0 radical (unpaired) electrons. The van der Waals surface area contributed by atoms with Crippen molar-refractivity contribution in [1.29, 1.82) is 0 Å². The van der Waals surface area contributed by atoms with E-state index >= 15 is 0 Å². The van der Waals surface area contributed by atoms with Gasteiger partial charge in [0.2, 0.25) is 0 Å². The summed E-state index contributed by atoms with van der Waals surface area (Å²) in [6, 6.07) is 3.48. The molecular weight excluding hydrogens is 268 g/mol. The fraction of sp³-hybridized carbons (Fsp3) is 0.100. The Hall–Kier alpha value is -2.55. The lowest BCUT2D eigenvalue weighted by molar-refractivity contribution is -0.382. The number of thiazole rings is 1. The standard InChI is InChI=1S/C10H8N6O2S/c17-16(18)10-6(11-3-8-12-4-14-15-8)1-2-7-9(10)13-5-19-7/h1-2,4-5,11H,3H2,(H,12,14,15). The highest BCUT2D eigenvalue weighted by Gasteiger charge is 2.20. The third kappa shape index (κ3) is 2.10. The average molecular weight is 276 g/mol. The molecule has 0 spiro atoms. The van der Waals surface area contributed by atoms with Gasteiger partial charge in [-0.1, -0.05) is 0 Å². The van der Waals surface area contributed by atoms with Gasteiger partial charge in [-0.3, -0.25) is 15.2 Å². The molecule has 3 rings (SSSR count). The van der Waals surface area contributed by atoms with Crippen molar-refractivity contribution in [2.45, 2.75) is 6.54 Å². The van der Waals surface area contributed by atoms with Crippen LogP contribution < -0.4 is 5.32 Å². The maximum atomic E-state index is 11.2. The minimum absolute atomic E-state index is 0.0155. The summed E-state index contributed by atoms with van der Waals surface area (Å²) in [7, 11) is 0. The summed E-state index contributed by atoms with van der Waals surface area (Å²) in [5.74, 6) is 0.604. The van der Waals surface area contributed by atoms with Crippen molar-refractivity contribution in [2.75, 3.05) is 5.32 Å². The van der Waals surface area contributed by atoms with Gasteiger partial charge < -0.3 is 5.32 Å². The number of nitrogens with one attached hydrogen (secondary N) is 2. The van der Waals surface area contributed by atoms with Crippen molar-refractivity contribution >= 4 is 32.9 Å². The molecule has 0 fully saturated rings. The van der Waals surface area contributed by atoms with E-state index in [9.17, 15) is 10.1 Å². The van der Waals surface area contributed by atoms with Crippen molar-refractivity contribution in [3.05, 3.63) is 39.9 Å². The number of anilines is 1. The Balaban J connectivity index is 1.97. The molecule has 0 bridgehead atoms. The number of hydrogen-bond donors (Lipinski definition) is 2. The molecule has 19 heavy (non-hydrogen) atoms. The molecule has 3 aromatic rings. The SMILES string of the molecule is O=[N+]([O-])c1c(NCc2ncn[nH]2)ccc2scnc12. The van der Waals surface area contributed by atoms with Crippen LogP contribution in [0, 0.1) is 10.1 Å². The third-order valence-electron chi connectivity index (χ3n) is 2.57. The summed E-state index contributed by atoms with van der Waals surface area (Å²) in [6.45, 7) is 0.330. The molecular formula is C10H8N6O2S. The Kier molecular flexibility index (Phi) is 2.80. The van der Waals surface area contributed by atoms with Crippen LogP contribution in [0.15, 0.2) is 24.0 Å². The van der Waals surface area contributed by atoms with Crippen LogP contribution in [-0.2, 0) is 6.54 Å². The van der Waals surface area contributed by atoms with Gasteiger partial charge in [-0.25, -0.2) is 9.97 Å². The van der Waals surface area contributed by atoms with Crippen molar-refractivity contribution in [3.8, 4) is 0 Å². The van der Waals surface area contributed by atoms with Gasteiger partial charge in [-0.05, 0) is 12.1 Å². The number of nitro benzene ring substituents is 1. The molecule has 9 heteroatoms. The maximum Gasteiger partial charge on any atom is 0.319 e. The predicted octanol–water partition coefficient (Wildman–Crippen LogP) is 1.93. The average Bonchev–Trinajstić information content (AvgIpc) is 3.06. The fourth-order valence-electron chi connectivity index (χ4n) is 1.74. The molecule has 0 amide bonds. The summed E-state index contributed by atoms with van der Waals surface area (Å²) >= 11 is 1.37. The number of nitro groups is 1. The van der Waals surface area contributed by atoms with Crippen molar-refractivity contribution in [3.63, 3.8) is 0 Å². The zero-order chi connectivity index (χ0) is 13.2. The summed E-state index contributed by atoms with van der Waals surface area (Å²) in [6.07, 6.45) is 1.38. The summed E-state index contributed by atoms with van der Waals surface area (Å²) < 4.78 is 0.789. The number of hydrogen-bond acceptors (Lipinski definition) is 7. The van der Waals surface area contributed by atoms with E-state index in [-0.39, 0.29) is 5.69 Å². The second-order valence-electron chi connectivity index (χ2n) is 3.70. The van der Waals surface area contributed by atoms with Gasteiger partial charge in [0.1, 0.15) is 17.8 Å². The molecule has 0 saturated carbocycles. The first kappa shape index (κ1) is 11.5. The zero-order valence-corrected chi connectivity index (χ0v) is 10.3. The highest BCUT2D eigenvalue weighted by atomic mass is 32.1.